The Kier molecular flexibility index (Phi) is 6.15. The molecule has 0 aromatic carbocycles. The Balaban J connectivity index is 1.74. The molecule has 0 aliphatic heterocycles. The lowest BCUT2D eigenvalue weighted by Crippen LogP contribution is -2.44. The lowest BCUT2D eigenvalue weighted by molar-refractivity contribution is -0.122. The summed E-state index contributed by atoms with van der Waals surface area (Å²) in [4.78, 5) is 23.8. The SMILES string of the molecule is CCc1cc(C(=O)NC2CCC(NC(=O)C[C@@H](C)N)CC2)no1. The van der Waals surface area contributed by atoms with Crippen molar-refractivity contribution in [3.63, 3.8) is 0 Å². The standard InChI is InChI=1S/C16H26N4O3/c1-3-13-9-14(20-23-13)16(22)19-12-6-4-11(5-7-12)18-15(21)8-10(2)17/h9-12H,3-8,17H2,1-2H3,(H,18,21)(H,19,22)/t10-,11?,12?/m1/s1. The number of amides is 2. The van der Waals surface area contributed by atoms with Gasteiger partial charge in [0.05, 0.1) is 0 Å². The van der Waals surface area contributed by atoms with E-state index in [1.54, 1.807) is 6.07 Å². The molecule has 1 fully saturated rings. The second-order valence-electron chi connectivity index (χ2n) is 6.30. The molecule has 0 radical (unpaired) electrons. The van der Waals surface area contributed by atoms with Gasteiger partial charge < -0.3 is 20.9 Å². The van der Waals surface area contributed by atoms with E-state index >= 15 is 0 Å². The van der Waals surface area contributed by atoms with E-state index in [-0.39, 0.29) is 29.9 Å². The van der Waals surface area contributed by atoms with Crippen LogP contribution in [0.5, 0.6) is 0 Å². The first-order valence-corrected chi connectivity index (χ1v) is 8.29. The fourth-order valence-electron chi connectivity index (χ4n) is 2.81. The predicted molar refractivity (Wildman–Crippen MR) is 85.8 cm³/mol. The van der Waals surface area contributed by atoms with Gasteiger partial charge in [0, 0.05) is 37.0 Å². The summed E-state index contributed by atoms with van der Waals surface area (Å²) in [5.41, 5.74) is 5.95. The summed E-state index contributed by atoms with van der Waals surface area (Å²) in [5, 5.41) is 9.77. The summed E-state index contributed by atoms with van der Waals surface area (Å²) < 4.78 is 5.05. The van der Waals surface area contributed by atoms with E-state index in [4.69, 9.17) is 10.3 Å². The first-order chi connectivity index (χ1) is 11.0. The van der Waals surface area contributed by atoms with E-state index in [2.05, 4.69) is 15.8 Å². The molecule has 7 nitrogen and oxygen atoms in total. The molecule has 0 unspecified atom stereocenters. The van der Waals surface area contributed by atoms with E-state index in [9.17, 15) is 9.59 Å². The number of carbonyl (C=O) groups is 2. The molecule has 128 valence electrons. The molecule has 1 aromatic heterocycles. The number of hydrogen-bond acceptors (Lipinski definition) is 5. The average molecular weight is 322 g/mol. The highest BCUT2D eigenvalue weighted by atomic mass is 16.5. The Bertz CT molecular complexity index is 533. The van der Waals surface area contributed by atoms with Crippen LogP contribution in [0.3, 0.4) is 0 Å². The minimum Gasteiger partial charge on any atom is -0.361 e. The van der Waals surface area contributed by atoms with Crippen LogP contribution in [-0.2, 0) is 11.2 Å². The zero-order valence-electron chi connectivity index (χ0n) is 13.8. The van der Waals surface area contributed by atoms with Crippen molar-refractivity contribution in [2.75, 3.05) is 0 Å². The van der Waals surface area contributed by atoms with Crippen molar-refractivity contribution in [3.05, 3.63) is 17.5 Å². The first kappa shape index (κ1) is 17.5. The number of rotatable bonds is 6. The van der Waals surface area contributed by atoms with Crippen LogP contribution >= 0.6 is 0 Å². The van der Waals surface area contributed by atoms with Gasteiger partial charge in [0.25, 0.3) is 5.91 Å². The summed E-state index contributed by atoms with van der Waals surface area (Å²) in [6.45, 7) is 3.77. The fraction of sp³-hybridized carbons (Fsp3) is 0.688. The molecule has 1 saturated carbocycles. The van der Waals surface area contributed by atoms with Crippen LogP contribution in [0.15, 0.2) is 10.6 Å². The zero-order valence-corrected chi connectivity index (χ0v) is 13.8. The molecule has 2 amide bonds. The topological polar surface area (TPSA) is 110 Å². The molecule has 7 heteroatoms. The summed E-state index contributed by atoms with van der Waals surface area (Å²) in [5.74, 6) is 0.510. The van der Waals surface area contributed by atoms with Crippen LogP contribution in [0, 0.1) is 0 Å². The number of nitrogens with two attached hydrogens (primary N) is 1. The molecule has 1 aliphatic rings. The van der Waals surface area contributed by atoms with E-state index in [1.165, 1.54) is 0 Å². The third kappa shape index (κ3) is 5.35. The molecule has 0 bridgehead atoms. The van der Waals surface area contributed by atoms with Gasteiger partial charge in [-0.1, -0.05) is 12.1 Å². The highest BCUT2D eigenvalue weighted by molar-refractivity contribution is 5.92. The Hall–Kier alpha value is -1.89. The van der Waals surface area contributed by atoms with E-state index in [0.717, 1.165) is 25.7 Å². The molecule has 1 aromatic rings. The van der Waals surface area contributed by atoms with Gasteiger partial charge in [0.2, 0.25) is 5.91 Å². The van der Waals surface area contributed by atoms with Crippen molar-refractivity contribution in [2.24, 2.45) is 5.73 Å². The Labute approximate surface area is 136 Å². The molecule has 23 heavy (non-hydrogen) atoms. The fourth-order valence-corrected chi connectivity index (χ4v) is 2.81. The second-order valence-corrected chi connectivity index (χ2v) is 6.30. The summed E-state index contributed by atoms with van der Waals surface area (Å²) in [6, 6.07) is 1.84. The van der Waals surface area contributed by atoms with Crippen molar-refractivity contribution in [1.82, 2.24) is 15.8 Å². The van der Waals surface area contributed by atoms with Crippen LogP contribution in [-0.4, -0.2) is 35.1 Å². The first-order valence-electron chi connectivity index (χ1n) is 8.29. The third-order valence-corrected chi connectivity index (χ3v) is 4.07. The lowest BCUT2D eigenvalue weighted by Gasteiger charge is -2.29. The monoisotopic (exact) mass is 322 g/mol. The molecular formula is C16H26N4O3. The van der Waals surface area contributed by atoms with Crippen LogP contribution in [0.4, 0.5) is 0 Å². The number of aromatic nitrogens is 1. The van der Waals surface area contributed by atoms with Crippen LogP contribution in [0.25, 0.3) is 0 Å². The maximum atomic E-state index is 12.1. The smallest absolute Gasteiger partial charge is 0.273 e. The molecule has 1 heterocycles. The summed E-state index contributed by atoms with van der Waals surface area (Å²) >= 11 is 0. The molecule has 1 atom stereocenters. The van der Waals surface area contributed by atoms with Gasteiger partial charge in [0.1, 0.15) is 5.76 Å². The number of hydrogen-bond donors (Lipinski definition) is 3. The van der Waals surface area contributed by atoms with E-state index in [0.29, 0.717) is 24.3 Å². The summed E-state index contributed by atoms with van der Waals surface area (Å²) in [7, 11) is 0. The van der Waals surface area contributed by atoms with Crippen molar-refractivity contribution in [3.8, 4) is 0 Å². The Morgan fingerprint density at radius 2 is 1.91 bits per heavy atom. The lowest BCUT2D eigenvalue weighted by atomic mass is 9.91. The summed E-state index contributed by atoms with van der Waals surface area (Å²) in [6.07, 6.45) is 4.46. The number of carbonyl (C=O) groups excluding carboxylic acids is 2. The van der Waals surface area contributed by atoms with Crippen LogP contribution in [0.1, 0.15) is 62.2 Å². The van der Waals surface area contributed by atoms with Gasteiger partial charge >= 0.3 is 0 Å². The predicted octanol–water partition coefficient (Wildman–Crippen LogP) is 1.13. The molecule has 0 spiro atoms. The van der Waals surface area contributed by atoms with Gasteiger partial charge in [-0.25, -0.2) is 0 Å². The molecule has 1 aliphatic carbocycles. The number of nitrogens with zero attached hydrogens (tertiary/aromatic N) is 1. The van der Waals surface area contributed by atoms with Gasteiger partial charge in [-0.2, -0.15) is 0 Å². The van der Waals surface area contributed by atoms with Crippen molar-refractivity contribution >= 4 is 11.8 Å². The van der Waals surface area contributed by atoms with Crippen molar-refractivity contribution in [1.29, 1.82) is 0 Å². The minimum absolute atomic E-state index is 0.00202. The van der Waals surface area contributed by atoms with Gasteiger partial charge in [0.15, 0.2) is 5.69 Å². The quantitative estimate of drug-likeness (QED) is 0.727. The molecule has 4 N–H and O–H groups in total. The van der Waals surface area contributed by atoms with Crippen molar-refractivity contribution in [2.45, 2.75) is 70.5 Å². The molecule has 2 rings (SSSR count). The average Bonchev–Trinajstić information content (AvgIpc) is 2.97. The van der Waals surface area contributed by atoms with Crippen molar-refractivity contribution < 1.29 is 14.1 Å². The van der Waals surface area contributed by atoms with Gasteiger partial charge in [-0.3, -0.25) is 9.59 Å². The molecule has 0 saturated heterocycles. The number of aryl methyl sites for hydroxylation is 1. The number of nitrogens with one attached hydrogen (secondary N) is 2. The maximum Gasteiger partial charge on any atom is 0.273 e. The maximum absolute atomic E-state index is 12.1. The Morgan fingerprint density at radius 3 is 2.43 bits per heavy atom. The van der Waals surface area contributed by atoms with E-state index in [1.807, 2.05) is 13.8 Å². The normalized spacial score (nSPS) is 22.4. The van der Waals surface area contributed by atoms with Gasteiger partial charge in [-0.05, 0) is 32.6 Å². The second kappa shape index (κ2) is 8.10. The van der Waals surface area contributed by atoms with Crippen LogP contribution < -0.4 is 16.4 Å². The zero-order chi connectivity index (χ0) is 16.8. The van der Waals surface area contributed by atoms with Gasteiger partial charge in [-0.15, -0.1) is 0 Å². The molecular weight excluding hydrogens is 296 g/mol. The third-order valence-electron chi connectivity index (χ3n) is 4.07. The minimum atomic E-state index is -0.196. The highest BCUT2D eigenvalue weighted by Crippen LogP contribution is 2.19. The Morgan fingerprint density at radius 1 is 1.30 bits per heavy atom. The van der Waals surface area contributed by atoms with Crippen LogP contribution in [0.2, 0.25) is 0 Å². The highest BCUT2D eigenvalue weighted by Gasteiger charge is 2.24. The van der Waals surface area contributed by atoms with E-state index < -0.39 is 0 Å². The largest absolute Gasteiger partial charge is 0.361 e.